The summed E-state index contributed by atoms with van der Waals surface area (Å²) in [4.78, 5) is 30.4. The SMILES string of the molecule is COC[C@@]1(F)C[C@@H](C(=O)Nc2cccc(Br)n2)N(C(=O)OC(C)(C)C)C1. The van der Waals surface area contributed by atoms with Gasteiger partial charge in [-0.3, -0.25) is 9.69 Å². The quantitative estimate of drug-likeness (QED) is 0.740. The Kier molecular flexibility index (Phi) is 6.23. The van der Waals surface area contributed by atoms with Gasteiger partial charge >= 0.3 is 6.09 Å². The van der Waals surface area contributed by atoms with Crippen LogP contribution in [0.1, 0.15) is 27.2 Å². The van der Waals surface area contributed by atoms with Gasteiger partial charge in [0.25, 0.3) is 0 Å². The number of likely N-dealkylation sites (tertiary alicyclic amines) is 1. The molecule has 0 radical (unpaired) electrons. The monoisotopic (exact) mass is 431 g/mol. The van der Waals surface area contributed by atoms with E-state index in [1.807, 2.05) is 0 Å². The molecule has 1 aromatic rings. The standard InChI is InChI=1S/C17H23BrFN3O4/c1-16(2,3)26-15(24)22-9-17(19,10-25-4)8-11(22)14(23)21-13-7-5-6-12(18)20-13/h5-7,11H,8-10H2,1-4H3,(H,20,21,23)/t11-,17+/m0/s1. The molecule has 1 aliphatic heterocycles. The van der Waals surface area contributed by atoms with Gasteiger partial charge in [-0.1, -0.05) is 6.07 Å². The van der Waals surface area contributed by atoms with Crippen LogP contribution in [0.5, 0.6) is 0 Å². The van der Waals surface area contributed by atoms with E-state index in [1.54, 1.807) is 39.0 Å². The number of amides is 2. The van der Waals surface area contributed by atoms with Crippen molar-refractivity contribution in [3.63, 3.8) is 0 Å². The number of alkyl halides is 1. The molecule has 2 rings (SSSR count). The lowest BCUT2D eigenvalue weighted by molar-refractivity contribution is -0.120. The van der Waals surface area contributed by atoms with Crippen LogP contribution in [0.4, 0.5) is 15.0 Å². The third-order valence-electron chi connectivity index (χ3n) is 3.69. The topological polar surface area (TPSA) is 80.8 Å². The molecule has 1 aromatic heterocycles. The zero-order valence-electron chi connectivity index (χ0n) is 15.2. The Bertz CT molecular complexity index is 682. The molecule has 0 unspecified atom stereocenters. The molecule has 0 bridgehead atoms. The van der Waals surface area contributed by atoms with Gasteiger partial charge in [-0.15, -0.1) is 0 Å². The number of carbonyl (C=O) groups excluding carboxylic acids is 2. The number of hydrogen-bond acceptors (Lipinski definition) is 5. The number of methoxy groups -OCH3 is 1. The number of aromatic nitrogens is 1. The molecule has 1 fully saturated rings. The molecule has 144 valence electrons. The van der Waals surface area contributed by atoms with Crippen molar-refractivity contribution in [2.75, 3.05) is 25.6 Å². The molecule has 26 heavy (non-hydrogen) atoms. The Balaban J connectivity index is 2.20. The smallest absolute Gasteiger partial charge is 0.411 e. The van der Waals surface area contributed by atoms with E-state index in [2.05, 4.69) is 26.2 Å². The van der Waals surface area contributed by atoms with Crippen LogP contribution >= 0.6 is 15.9 Å². The van der Waals surface area contributed by atoms with Gasteiger partial charge < -0.3 is 14.8 Å². The molecule has 0 aromatic carbocycles. The fourth-order valence-electron chi connectivity index (χ4n) is 2.73. The highest BCUT2D eigenvalue weighted by atomic mass is 79.9. The van der Waals surface area contributed by atoms with E-state index in [-0.39, 0.29) is 19.6 Å². The van der Waals surface area contributed by atoms with Gasteiger partial charge in [0.2, 0.25) is 5.91 Å². The molecule has 7 nitrogen and oxygen atoms in total. The molecule has 2 heterocycles. The van der Waals surface area contributed by atoms with E-state index in [9.17, 15) is 14.0 Å². The lowest BCUT2D eigenvalue weighted by atomic mass is 10.0. The summed E-state index contributed by atoms with van der Waals surface area (Å²) in [5.74, 6) is -0.228. The summed E-state index contributed by atoms with van der Waals surface area (Å²) >= 11 is 3.22. The van der Waals surface area contributed by atoms with Crippen molar-refractivity contribution in [2.45, 2.75) is 44.5 Å². The Morgan fingerprint density at radius 2 is 2.15 bits per heavy atom. The lowest BCUT2D eigenvalue weighted by Gasteiger charge is -2.28. The zero-order valence-corrected chi connectivity index (χ0v) is 16.8. The lowest BCUT2D eigenvalue weighted by Crippen LogP contribution is -2.45. The maximum Gasteiger partial charge on any atom is 0.411 e. The van der Waals surface area contributed by atoms with Gasteiger partial charge in [0.15, 0.2) is 5.67 Å². The third kappa shape index (κ3) is 5.38. The molecule has 1 aliphatic rings. The predicted octanol–water partition coefficient (Wildman–Crippen LogP) is 3.15. The van der Waals surface area contributed by atoms with E-state index in [4.69, 9.17) is 9.47 Å². The number of hydrogen-bond donors (Lipinski definition) is 1. The first-order valence-corrected chi connectivity index (χ1v) is 8.93. The Hall–Kier alpha value is -1.74. The Morgan fingerprint density at radius 1 is 1.46 bits per heavy atom. The van der Waals surface area contributed by atoms with Crippen LogP contribution < -0.4 is 5.32 Å². The third-order valence-corrected chi connectivity index (χ3v) is 4.13. The van der Waals surface area contributed by atoms with Crippen LogP contribution in [0.2, 0.25) is 0 Å². The van der Waals surface area contributed by atoms with E-state index in [0.717, 1.165) is 4.90 Å². The van der Waals surface area contributed by atoms with Crippen molar-refractivity contribution < 1.29 is 23.5 Å². The van der Waals surface area contributed by atoms with Crippen LogP contribution in [0.3, 0.4) is 0 Å². The number of nitrogens with one attached hydrogen (secondary N) is 1. The molecule has 0 aliphatic carbocycles. The van der Waals surface area contributed by atoms with Crippen molar-refractivity contribution in [1.29, 1.82) is 0 Å². The molecule has 1 saturated heterocycles. The number of nitrogens with zero attached hydrogens (tertiary/aromatic N) is 2. The molecule has 2 amide bonds. The number of pyridine rings is 1. The highest BCUT2D eigenvalue weighted by Gasteiger charge is 2.50. The Morgan fingerprint density at radius 3 is 2.73 bits per heavy atom. The van der Waals surface area contributed by atoms with Crippen LogP contribution in [0.15, 0.2) is 22.8 Å². The van der Waals surface area contributed by atoms with Crippen molar-refractivity contribution in [3.8, 4) is 0 Å². The van der Waals surface area contributed by atoms with Crippen LogP contribution in [0.25, 0.3) is 0 Å². The van der Waals surface area contributed by atoms with E-state index >= 15 is 0 Å². The molecule has 2 atom stereocenters. The van der Waals surface area contributed by atoms with Gasteiger partial charge in [-0.05, 0) is 48.8 Å². The molecule has 0 spiro atoms. The molecular weight excluding hydrogens is 409 g/mol. The number of carbonyl (C=O) groups is 2. The summed E-state index contributed by atoms with van der Waals surface area (Å²) in [6, 6.07) is 4.00. The summed E-state index contributed by atoms with van der Waals surface area (Å²) in [6.07, 6.45) is -0.921. The normalized spacial score (nSPS) is 23.0. The summed E-state index contributed by atoms with van der Waals surface area (Å²) < 4.78 is 25.8. The number of halogens is 2. The fourth-order valence-corrected chi connectivity index (χ4v) is 3.08. The number of anilines is 1. The van der Waals surface area contributed by atoms with Gasteiger partial charge in [-0.2, -0.15) is 0 Å². The van der Waals surface area contributed by atoms with Crippen molar-refractivity contribution >= 4 is 33.7 Å². The van der Waals surface area contributed by atoms with Gasteiger partial charge in [0.05, 0.1) is 13.2 Å². The molecule has 0 saturated carbocycles. The van der Waals surface area contributed by atoms with Crippen LogP contribution in [-0.2, 0) is 14.3 Å². The average Bonchev–Trinajstić information content (AvgIpc) is 2.84. The van der Waals surface area contributed by atoms with E-state index in [0.29, 0.717) is 10.4 Å². The van der Waals surface area contributed by atoms with E-state index < -0.39 is 29.3 Å². The van der Waals surface area contributed by atoms with Crippen molar-refractivity contribution in [3.05, 3.63) is 22.8 Å². The molecular formula is C17H23BrFN3O4. The predicted molar refractivity (Wildman–Crippen MR) is 97.6 cm³/mol. The summed E-state index contributed by atoms with van der Waals surface area (Å²) in [5.41, 5.74) is -2.58. The maximum absolute atomic E-state index is 15.0. The van der Waals surface area contributed by atoms with Gasteiger partial charge in [0.1, 0.15) is 22.1 Å². The zero-order chi connectivity index (χ0) is 19.5. The van der Waals surface area contributed by atoms with E-state index in [1.165, 1.54) is 7.11 Å². The maximum atomic E-state index is 15.0. The van der Waals surface area contributed by atoms with Gasteiger partial charge in [0, 0.05) is 13.5 Å². The summed E-state index contributed by atoms with van der Waals surface area (Å²) in [7, 11) is 1.37. The summed E-state index contributed by atoms with van der Waals surface area (Å²) in [6.45, 7) is 4.63. The summed E-state index contributed by atoms with van der Waals surface area (Å²) in [5, 5.41) is 2.62. The molecule has 9 heteroatoms. The minimum atomic E-state index is -1.82. The minimum Gasteiger partial charge on any atom is -0.444 e. The Labute approximate surface area is 160 Å². The first kappa shape index (κ1) is 20.6. The number of ether oxygens (including phenoxy) is 2. The average molecular weight is 432 g/mol. The molecule has 1 N–H and O–H groups in total. The highest BCUT2D eigenvalue weighted by Crippen LogP contribution is 2.33. The second kappa shape index (κ2) is 7.87. The van der Waals surface area contributed by atoms with Crippen LogP contribution in [-0.4, -0.2) is 59.5 Å². The van der Waals surface area contributed by atoms with Crippen molar-refractivity contribution in [2.24, 2.45) is 0 Å². The van der Waals surface area contributed by atoms with Crippen molar-refractivity contribution in [1.82, 2.24) is 9.88 Å². The number of rotatable bonds is 4. The second-order valence-electron chi connectivity index (χ2n) is 7.25. The fraction of sp³-hybridized carbons (Fsp3) is 0.588. The van der Waals surface area contributed by atoms with Gasteiger partial charge in [-0.25, -0.2) is 14.2 Å². The minimum absolute atomic E-state index is 0.181. The largest absolute Gasteiger partial charge is 0.444 e. The highest BCUT2D eigenvalue weighted by molar-refractivity contribution is 9.10. The first-order chi connectivity index (χ1) is 12.0. The first-order valence-electron chi connectivity index (χ1n) is 8.14. The second-order valence-corrected chi connectivity index (χ2v) is 8.06. The van der Waals surface area contributed by atoms with Crippen LogP contribution in [0, 0.1) is 0 Å².